The number of methoxy groups -OCH3 is 1. The molecule has 2 rings (SSSR count). The molecule has 4 nitrogen and oxygen atoms in total. The van der Waals surface area contributed by atoms with Gasteiger partial charge in [-0.3, -0.25) is 4.79 Å². The number of hydrogen-bond acceptors (Lipinski definition) is 3. The summed E-state index contributed by atoms with van der Waals surface area (Å²) in [4.78, 5) is 12.1. The topological polar surface area (TPSA) is 50.4 Å². The number of anilines is 1. The van der Waals surface area contributed by atoms with Gasteiger partial charge < -0.3 is 15.4 Å². The predicted octanol–water partition coefficient (Wildman–Crippen LogP) is 3.72. The van der Waals surface area contributed by atoms with E-state index in [1.54, 1.807) is 7.11 Å². The lowest BCUT2D eigenvalue weighted by atomic mass is 9.86. The molecule has 0 radical (unpaired) electrons. The zero-order valence-corrected chi connectivity index (χ0v) is 14.8. The van der Waals surface area contributed by atoms with Crippen LogP contribution in [0.15, 0.2) is 48.5 Å². The van der Waals surface area contributed by atoms with E-state index in [1.165, 1.54) is 5.56 Å². The van der Waals surface area contributed by atoms with Crippen LogP contribution in [-0.2, 0) is 16.8 Å². The Morgan fingerprint density at radius 1 is 1.04 bits per heavy atom. The highest BCUT2D eigenvalue weighted by molar-refractivity contribution is 5.81. The molecule has 0 saturated carbocycles. The van der Waals surface area contributed by atoms with Crippen LogP contribution in [-0.4, -0.2) is 19.6 Å². The number of carbonyl (C=O) groups is 1. The maximum atomic E-state index is 12.1. The first-order valence-electron chi connectivity index (χ1n) is 8.14. The zero-order chi connectivity index (χ0) is 17.6. The van der Waals surface area contributed by atoms with E-state index in [0.717, 1.165) is 17.0 Å². The van der Waals surface area contributed by atoms with Gasteiger partial charge in [-0.2, -0.15) is 0 Å². The van der Waals surface area contributed by atoms with Crippen molar-refractivity contribution >= 4 is 11.6 Å². The van der Waals surface area contributed by atoms with Crippen LogP contribution in [0.2, 0.25) is 0 Å². The molecule has 0 aliphatic carbocycles. The molecular formula is C20H26N2O2. The molecule has 2 N–H and O–H groups in total. The zero-order valence-electron chi connectivity index (χ0n) is 14.8. The van der Waals surface area contributed by atoms with E-state index in [-0.39, 0.29) is 17.9 Å². The van der Waals surface area contributed by atoms with E-state index in [2.05, 4.69) is 37.5 Å². The van der Waals surface area contributed by atoms with E-state index in [4.69, 9.17) is 4.74 Å². The molecule has 0 bridgehead atoms. The minimum absolute atomic E-state index is 0.0253. The lowest BCUT2D eigenvalue weighted by Crippen LogP contribution is -2.30. The Labute approximate surface area is 144 Å². The number of hydrogen-bond donors (Lipinski definition) is 2. The maximum absolute atomic E-state index is 12.1. The highest BCUT2D eigenvalue weighted by Gasteiger charge is 2.17. The molecule has 1 amide bonds. The Kier molecular flexibility index (Phi) is 5.85. The van der Waals surface area contributed by atoms with E-state index in [1.807, 2.05) is 42.5 Å². The Hall–Kier alpha value is -2.49. The van der Waals surface area contributed by atoms with Crippen molar-refractivity contribution in [2.45, 2.75) is 32.7 Å². The Morgan fingerprint density at radius 2 is 1.71 bits per heavy atom. The first kappa shape index (κ1) is 17.9. The predicted molar refractivity (Wildman–Crippen MR) is 98.5 cm³/mol. The Bertz CT molecular complexity index is 690. The van der Waals surface area contributed by atoms with Gasteiger partial charge in [-0.1, -0.05) is 57.2 Å². The minimum atomic E-state index is -0.0513. The molecule has 0 fully saturated rings. The van der Waals surface area contributed by atoms with Gasteiger partial charge in [0.15, 0.2) is 0 Å². The molecule has 0 atom stereocenters. The van der Waals surface area contributed by atoms with Crippen LogP contribution in [0.1, 0.15) is 31.9 Å². The van der Waals surface area contributed by atoms with Crippen molar-refractivity contribution in [2.24, 2.45) is 0 Å². The summed E-state index contributed by atoms with van der Waals surface area (Å²) in [5.74, 6) is 0.730. The van der Waals surface area contributed by atoms with Crippen LogP contribution < -0.4 is 15.4 Å². The summed E-state index contributed by atoms with van der Waals surface area (Å²) >= 11 is 0. The summed E-state index contributed by atoms with van der Waals surface area (Å²) in [5.41, 5.74) is 3.18. The molecule has 0 aromatic heterocycles. The highest BCUT2D eigenvalue weighted by atomic mass is 16.5. The first-order valence-corrected chi connectivity index (χ1v) is 8.14. The molecule has 0 aliphatic heterocycles. The van der Waals surface area contributed by atoms with Gasteiger partial charge in [-0.25, -0.2) is 0 Å². The van der Waals surface area contributed by atoms with Crippen molar-refractivity contribution in [3.8, 4) is 5.75 Å². The highest BCUT2D eigenvalue weighted by Crippen LogP contribution is 2.29. The van der Waals surface area contributed by atoms with Gasteiger partial charge in [-0.05, 0) is 23.1 Å². The van der Waals surface area contributed by atoms with Crippen LogP contribution in [0.25, 0.3) is 0 Å². The average Bonchev–Trinajstić information content (AvgIpc) is 2.57. The molecule has 0 heterocycles. The molecule has 0 aliphatic rings. The lowest BCUT2D eigenvalue weighted by Gasteiger charge is -2.23. The molecule has 24 heavy (non-hydrogen) atoms. The van der Waals surface area contributed by atoms with Crippen LogP contribution in [0.3, 0.4) is 0 Å². The number of amides is 1. The third kappa shape index (κ3) is 4.75. The third-order valence-corrected chi connectivity index (χ3v) is 3.84. The number of rotatable bonds is 6. The standard InChI is InChI=1S/C20H26N2O2/c1-20(2,3)16-10-6-7-11-17(16)21-14-19(23)22-13-15-9-5-8-12-18(15)24-4/h5-12,21H,13-14H2,1-4H3,(H,22,23). The van der Waals surface area contributed by atoms with Gasteiger partial charge in [0.05, 0.1) is 13.7 Å². The number of nitrogens with one attached hydrogen (secondary N) is 2. The normalized spacial score (nSPS) is 11.0. The van der Waals surface area contributed by atoms with Crippen molar-refractivity contribution in [2.75, 3.05) is 19.0 Å². The van der Waals surface area contributed by atoms with E-state index >= 15 is 0 Å². The number of ether oxygens (including phenoxy) is 1. The molecule has 0 saturated heterocycles. The van der Waals surface area contributed by atoms with Crippen molar-refractivity contribution in [1.29, 1.82) is 0 Å². The fourth-order valence-corrected chi connectivity index (χ4v) is 2.57. The lowest BCUT2D eigenvalue weighted by molar-refractivity contribution is -0.119. The van der Waals surface area contributed by atoms with Crippen molar-refractivity contribution < 1.29 is 9.53 Å². The average molecular weight is 326 g/mol. The third-order valence-electron chi connectivity index (χ3n) is 3.84. The summed E-state index contributed by atoms with van der Waals surface area (Å²) in [5, 5.41) is 6.16. The monoisotopic (exact) mass is 326 g/mol. The van der Waals surface area contributed by atoms with Gasteiger partial charge in [0, 0.05) is 17.8 Å². The maximum Gasteiger partial charge on any atom is 0.239 e. The molecule has 0 unspecified atom stereocenters. The van der Waals surface area contributed by atoms with Crippen LogP contribution in [0.4, 0.5) is 5.69 Å². The van der Waals surface area contributed by atoms with Crippen LogP contribution >= 0.6 is 0 Å². The molecule has 128 valence electrons. The van der Waals surface area contributed by atoms with Crippen LogP contribution in [0.5, 0.6) is 5.75 Å². The summed E-state index contributed by atoms with van der Waals surface area (Å²) in [6, 6.07) is 15.8. The second-order valence-electron chi connectivity index (χ2n) is 6.74. The van der Waals surface area contributed by atoms with E-state index in [0.29, 0.717) is 6.54 Å². The number of benzene rings is 2. The molecular weight excluding hydrogens is 300 g/mol. The summed E-state index contributed by atoms with van der Waals surface area (Å²) in [6.07, 6.45) is 0. The molecule has 2 aromatic rings. The minimum Gasteiger partial charge on any atom is -0.496 e. The SMILES string of the molecule is COc1ccccc1CNC(=O)CNc1ccccc1C(C)(C)C. The fraction of sp³-hybridized carbons (Fsp3) is 0.350. The molecule has 2 aromatic carbocycles. The van der Waals surface area contributed by atoms with Crippen molar-refractivity contribution in [1.82, 2.24) is 5.32 Å². The van der Waals surface area contributed by atoms with Crippen molar-refractivity contribution in [3.05, 3.63) is 59.7 Å². The second-order valence-corrected chi connectivity index (χ2v) is 6.74. The summed E-state index contributed by atoms with van der Waals surface area (Å²) < 4.78 is 5.29. The van der Waals surface area contributed by atoms with Gasteiger partial charge in [-0.15, -0.1) is 0 Å². The largest absolute Gasteiger partial charge is 0.496 e. The quantitative estimate of drug-likeness (QED) is 0.850. The second kappa shape index (κ2) is 7.86. The van der Waals surface area contributed by atoms with Crippen molar-refractivity contribution in [3.63, 3.8) is 0 Å². The smallest absolute Gasteiger partial charge is 0.239 e. The van der Waals surface area contributed by atoms with Gasteiger partial charge in [0.25, 0.3) is 0 Å². The number of carbonyl (C=O) groups excluding carboxylic acids is 1. The summed E-state index contributed by atoms with van der Waals surface area (Å²) in [6.45, 7) is 7.17. The van der Waals surface area contributed by atoms with Crippen LogP contribution in [0, 0.1) is 0 Å². The van der Waals surface area contributed by atoms with Gasteiger partial charge >= 0.3 is 0 Å². The van der Waals surface area contributed by atoms with E-state index < -0.39 is 0 Å². The molecule has 0 spiro atoms. The first-order chi connectivity index (χ1) is 11.4. The number of para-hydroxylation sites is 2. The van der Waals surface area contributed by atoms with Gasteiger partial charge in [0.1, 0.15) is 5.75 Å². The Balaban J connectivity index is 1.93. The summed E-state index contributed by atoms with van der Waals surface area (Å²) in [7, 11) is 1.63. The molecule has 4 heteroatoms. The Morgan fingerprint density at radius 3 is 2.42 bits per heavy atom. The van der Waals surface area contributed by atoms with E-state index in [9.17, 15) is 4.79 Å². The fourth-order valence-electron chi connectivity index (χ4n) is 2.57. The van der Waals surface area contributed by atoms with Gasteiger partial charge in [0.2, 0.25) is 5.91 Å².